The van der Waals surface area contributed by atoms with E-state index in [4.69, 9.17) is 0 Å². The summed E-state index contributed by atoms with van der Waals surface area (Å²) in [5.41, 5.74) is 7.37. The van der Waals surface area contributed by atoms with Crippen molar-refractivity contribution in [2.45, 2.75) is 40.0 Å². The van der Waals surface area contributed by atoms with Gasteiger partial charge in [-0.1, -0.05) is 81.8 Å². The molecule has 4 heteroatoms. The zero-order valence-electron chi connectivity index (χ0n) is 22.6. The van der Waals surface area contributed by atoms with Crippen LogP contribution in [-0.4, -0.2) is 14.6 Å². The second kappa shape index (κ2) is 9.62. The van der Waals surface area contributed by atoms with Crippen LogP contribution in [0.25, 0.3) is 59.1 Å². The van der Waals surface area contributed by atoms with Gasteiger partial charge >= 0.3 is 0 Å². The van der Waals surface area contributed by atoms with Gasteiger partial charge in [0.25, 0.3) is 0 Å². The molecule has 3 aromatic heterocycles. The predicted octanol–water partition coefficient (Wildman–Crippen LogP) is 9.74. The molecule has 0 fully saturated rings. The van der Waals surface area contributed by atoms with E-state index < -0.39 is 0 Å². The van der Waals surface area contributed by atoms with Crippen LogP contribution >= 0.6 is 11.3 Å². The third kappa shape index (κ3) is 4.20. The molecule has 0 spiro atoms. The van der Waals surface area contributed by atoms with Crippen LogP contribution in [-0.2, 0) is 12.8 Å². The Hall–Kier alpha value is -4.02. The number of aryl methyl sites for hydroxylation is 1. The maximum atomic E-state index is 4.58. The van der Waals surface area contributed by atoms with Crippen LogP contribution in [0.4, 0.5) is 0 Å². The number of hydrogen-bond donors (Lipinski definition) is 0. The van der Waals surface area contributed by atoms with Crippen LogP contribution < -0.4 is 0 Å². The molecule has 0 atom stereocenters. The Balaban J connectivity index is 1.35. The SMILES string of the molecule is CCCc1ccc2sc3c(-c4ccc(-c5nnc6c7ccccc7ccn56)cc4)cc(CC(C)C)cc3c2c1. The summed E-state index contributed by atoms with van der Waals surface area (Å²) < 4.78 is 4.84. The molecule has 3 nitrogen and oxygen atoms in total. The molecule has 0 aliphatic carbocycles. The second-order valence-corrected chi connectivity index (χ2v) is 12.1. The number of aromatic nitrogens is 3. The number of thiophene rings is 1. The highest BCUT2D eigenvalue weighted by atomic mass is 32.1. The Morgan fingerprint density at radius 1 is 0.769 bits per heavy atom. The average Bonchev–Trinajstić information content (AvgIpc) is 3.55. The summed E-state index contributed by atoms with van der Waals surface area (Å²) in [5, 5.41) is 14.2. The minimum absolute atomic E-state index is 0.607. The third-order valence-electron chi connectivity index (χ3n) is 7.63. The summed E-state index contributed by atoms with van der Waals surface area (Å²) in [6.45, 7) is 6.86. The van der Waals surface area contributed by atoms with Gasteiger partial charge in [0.2, 0.25) is 0 Å². The maximum absolute atomic E-state index is 4.58. The molecular formula is C35H31N3S. The molecule has 0 radical (unpaired) electrons. The van der Waals surface area contributed by atoms with Crippen LogP contribution in [0, 0.1) is 5.92 Å². The zero-order chi connectivity index (χ0) is 26.5. The van der Waals surface area contributed by atoms with Gasteiger partial charge in [0.05, 0.1) is 0 Å². The quantitative estimate of drug-likeness (QED) is 0.216. The Morgan fingerprint density at radius 2 is 1.56 bits per heavy atom. The number of benzene rings is 4. The lowest BCUT2D eigenvalue weighted by Crippen LogP contribution is -1.95. The highest BCUT2D eigenvalue weighted by Crippen LogP contribution is 2.42. The molecule has 0 saturated heterocycles. The van der Waals surface area contributed by atoms with Gasteiger partial charge in [-0.2, -0.15) is 0 Å². The van der Waals surface area contributed by atoms with Crippen molar-refractivity contribution in [1.29, 1.82) is 0 Å². The second-order valence-electron chi connectivity index (χ2n) is 11.0. The first-order valence-electron chi connectivity index (χ1n) is 13.9. The van der Waals surface area contributed by atoms with E-state index in [1.165, 1.54) is 54.2 Å². The van der Waals surface area contributed by atoms with E-state index in [-0.39, 0.29) is 0 Å². The average molecular weight is 526 g/mol. The van der Waals surface area contributed by atoms with Crippen molar-refractivity contribution in [1.82, 2.24) is 14.6 Å². The van der Waals surface area contributed by atoms with Crippen molar-refractivity contribution in [2.75, 3.05) is 0 Å². The van der Waals surface area contributed by atoms with Crippen LogP contribution in [0.5, 0.6) is 0 Å². The molecule has 3 heterocycles. The van der Waals surface area contributed by atoms with Gasteiger partial charge in [-0.15, -0.1) is 21.5 Å². The summed E-state index contributed by atoms with van der Waals surface area (Å²) in [5.74, 6) is 1.47. The van der Waals surface area contributed by atoms with Gasteiger partial charge in [-0.25, -0.2) is 0 Å². The third-order valence-corrected chi connectivity index (χ3v) is 8.85. The zero-order valence-corrected chi connectivity index (χ0v) is 23.4. The van der Waals surface area contributed by atoms with Gasteiger partial charge in [-0.05, 0) is 76.7 Å². The van der Waals surface area contributed by atoms with Gasteiger partial charge in [0.1, 0.15) is 0 Å². The Morgan fingerprint density at radius 3 is 2.38 bits per heavy atom. The van der Waals surface area contributed by atoms with Crippen molar-refractivity contribution >= 4 is 47.9 Å². The highest BCUT2D eigenvalue weighted by molar-refractivity contribution is 7.26. The van der Waals surface area contributed by atoms with Crippen molar-refractivity contribution in [3.05, 3.63) is 102 Å². The predicted molar refractivity (Wildman–Crippen MR) is 167 cm³/mol. The van der Waals surface area contributed by atoms with Crippen LogP contribution in [0.1, 0.15) is 38.3 Å². The Kier molecular flexibility index (Phi) is 5.93. The number of pyridine rings is 1. The maximum Gasteiger partial charge on any atom is 0.168 e. The number of fused-ring (bicyclic) bond motifs is 6. The van der Waals surface area contributed by atoms with Gasteiger partial charge < -0.3 is 0 Å². The molecule has 7 rings (SSSR count). The first-order chi connectivity index (χ1) is 19.1. The van der Waals surface area contributed by atoms with E-state index in [9.17, 15) is 0 Å². The summed E-state index contributed by atoms with van der Waals surface area (Å²) in [6, 6.07) is 31.2. The minimum Gasteiger partial charge on any atom is -0.282 e. The fourth-order valence-corrected chi connectivity index (χ4v) is 7.05. The lowest BCUT2D eigenvalue weighted by atomic mass is 9.94. The van der Waals surface area contributed by atoms with E-state index in [2.05, 4.69) is 126 Å². The molecule has 0 bridgehead atoms. The standard InChI is InChI=1S/C35H31N3S/c1-4-7-23-10-15-32-30(19-23)31-21-24(18-22(2)3)20-29(33(31)39-32)26-11-13-27(14-12-26)34-36-37-35-28-9-6-5-8-25(28)16-17-38(34)35/h5-6,8-17,19-22H,4,7,18H2,1-3H3. The smallest absolute Gasteiger partial charge is 0.168 e. The first kappa shape index (κ1) is 24.1. The summed E-state index contributed by atoms with van der Waals surface area (Å²) in [6.07, 6.45) is 5.44. The van der Waals surface area contributed by atoms with Crippen LogP contribution in [0.3, 0.4) is 0 Å². The molecule has 192 valence electrons. The molecule has 0 aliphatic rings. The topological polar surface area (TPSA) is 30.2 Å². The molecule has 4 aromatic carbocycles. The lowest BCUT2D eigenvalue weighted by Gasteiger charge is -2.11. The molecule has 39 heavy (non-hydrogen) atoms. The van der Waals surface area contributed by atoms with Crippen molar-refractivity contribution in [2.24, 2.45) is 5.92 Å². The minimum atomic E-state index is 0.607. The van der Waals surface area contributed by atoms with E-state index in [1.807, 2.05) is 11.3 Å². The molecule has 0 amide bonds. The molecular weight excluding hydrogens is 494 g/mol. The first-order valence-corrected chi connectivity index (χ1v) is 14.7. The summed E-state index contributed by atoms with van der Waals surface area (Å²) in [4.78, 5) is 0. The van der Waals surface area contributed by atoms with Crippen molar-refractivity contribution < 1.29 is 0 Å². The van der Waals surface area contributed by atoms with E-state index in [0.717, 1.165) is 35.3 Å². The molecule has 0 N–H and O–H groups in total. The van der Waals surface area contributed by atoms with Crippen LogP contribution in [0.15, 0.2) is 91.1 Å². The summed E-state index contributed by atoms with van der Waals surface area (Å²) in [7, 11) is 0. The molecule has 0 unspecified atom stereocenters. The van der Waals surface area contributed by atoms with Gasteiger partial charge in [0.15, 0.2) is 11.5 Å². The number of rotatable bonds is 6. The van der Waals surface area contributed by atoms with Gasteiger partial charge in [-0.3, -0.25) is 4.40 Å². The number of hydrogen-bond acceptors (Lipinski definition) is 3. The largest absolute Gasteiger partial charge is 0.282 e. The number of nitrogens with zero attached hydrogens (tertiary/aromatic N) is 3. The van der Waals surface area contributed by atoms with Crippen LogP contribution in [0.2, 0.25) is 0 Å². The Bertz CT molecular complexity index is 1980. The van der Waals surface area contributed by atoms with E-state index in [0.29, 0.717) is 5.92 Å². The molecule has 0 saturated carbocycles. The molecule has 7 aromatic rings. The fourth-order valence-electron chi connectivity index (χ4n) is 5.85. The monoisotopic (exact) mass is 525 g/mol. The van der Waals surface area contributed by atoms with Crippen molar-refractivity contribution in [3.63, 3.8) is 0 Å². The Labute approximate surface area is 232 Å². The van der Waals surface area contributed by atoms with Crippen molar-refractivity contribution in [3.8, 4) is 22.5 Å². The molecule has 0 aliphatic heterocycles. The summed E-state index contributed by atoms with van der Waals surface area (Å²) >= 11 is 1.92. The normalized spacial score (nSPS) is 12.0. The van der Waals surface area contributed by atoms with E-state index >= 15 is 0 Å². The van der Waals surface area contributed by atoms with E-state index in [1.54, 1.807) is 0 Å². The fraction of sp³-hybridized carbons (Fsp3) is 0.200. The highest BCUT2D eigenvalue weighted by Gasteiger charge is 2.15. The van der Waals surface area contributed by atoms with Gasteiger partial charge in [0, 0.05) is 37.3 Å². The lowest BCUT2D eigenvalue weighted by molar-refractivity contribution is 0.648.